The predicted molar refractivity (Wildman–Crippen MR) is 76.9 cm³/mol. The van der Waals surface area contributed by atoms with Crippen LogP contribution >= 0.6 is 15.9 Å². The number of hydrazine groups is 1. The number of halogens is 1. The van der Waals surface area contributed by atoms with Gasteiger partial charge in [0.25, 0.3) is 0 Å². The van der Waals surface area contributed by atoms with Gasteiger partial charge in [0, 0.05) is 16.9 Å². The van der Waals surface area contributed by atoms with Gasteiger partial charge in [-0.05, 0) is 42.2 Å². The first kappa shape index (κ1) is 13.2. The number of nitrogens with one attached hydrogen (secondary N) is 1. The van der Waals surface area contributed by atoms with Gasteiger partial charge in [0.1, 0.15) is 0 Å². The Bertz CT molecular complexity index is 514. The van der Waals surface area contributed by atoms with E-state index >= 15 is 0 Å². The molecular formula is C14H16BrN3. The Morgan fingerprint density at radius 1 is 1.39 bits per heavy atom. The fraction of sp³-hybridized carbons (Fsp3) is 0.214. The molecule has 0 radical (unpaired) electrons. The largest absolute Gasteiger partial charge is 0.271 e. The van der Waals surface area contributed by atoms with E-state index in [2.05, 4.69) is 57.5 Å². The zero-order valence-corrected chi connectivity index (χ0v) is 11.8. The third kappa shape index (κ3) is 3.16. The fourth-order valence-electron chi connectivity index (χ4n) is 1.93. The Morgan fingerprint density at radius 3 is 2.83 bits per heavy atom. The lowest BCUT2D eigenvalue weighted by atomic mass is 9.99. The van der Waals surface area contributed by atoms with Crippen molar-refractivity contribution < 1.29 is 0 Å². The van der Waals surface area contributed by atoms with Gasteiger partial charge in [-0.15, -0.1) is 0 Å². The van der Waals surface area contributed by atoms with Crippen LogP contribution in [-0.2, 0) is 6.42 Å². The Morgan fingerprint density at radius 2 is 2.22 bits per heavy atom. The quantitative estimate of drug-likeness (QED) is 0.674. The maximum absolute atomic E-state index is 5.67. The van der Waals surface area contributed by atoms with Crippen LogP contribution in [0.5, 0.6) is 0 Å². The third-order valence-corrected chi connectivity index (χ3v) is 3.58. The zero-order chi connectivity index (χ0) is 13.0. The minimum Gasteiger partial charge on any atom is -0.271 e. The molecule has 3 nitrogen and oxygen atoms in total. The van der Waals surface area contributed by atoms with Crippen LogP contribution in [0.15, 0.2) is 47.2 Å². The van der Waals surface area contributed by atoms with Gasteiger partial charge in [-0.3, -0.25) is 16.3 Å². The summed E-state index contributed by atoms with van der Waals surface area (Å²) in [7, 11) is 0. The second kappa shape index (κ2) is 6.09. The summed E-state index contributed by atoms with van der Waals surface area (Å²) in [6.45, 7) is 2.07. The molecule has 94 valence electrons. The highest BCUT2D eigenvalue weighted by Crippen LogP contribution is 2.26. The van der Waals surface area contributed by atoms with E-state index in [1.807, 2.05) is 12.3 Å². The summed E-state index contributed by atoms with van der Waals surface area (Å²) in [6, 6.07) is 10.4. The number of aromatic nitrogens is 1. The number of nitrogens with zero attached hydrogens (tertiary/aromatic N) is 1. The van der Waals surface area contributed by atoms with Crippen LogP contribution in [0, 0.1) is 6.92 Å². The van der Waals surface area contributed by atoms with Crippen LogP contribution in [0.4, 0.5) is 0 Å². The lowest BCUT2D eigenvalue weighted by molar-refractivity contribution is 0.549. The minimum absolute atomic E-state index is 0.0733. The molecule has 2 aromatic rings. The van der Waals surface area contributed by atoms with E-state index in [9.17, 15) is 0 Å². The molecule has 4 heteroatoms. The van der Waals surface area contributed by atoms with Gasteiger partial charge in [-0.25, -0.2) is 0 Å². The molecule has 0 aliphatic heterocycles. The molecule has 0 spiro atoms. The van der Waals surface area contributed by atoms with Crippen LogP contribution in [-0.4, -0.2) is 4.98 Å². The van der Waals surface area contributed by atoms with Crippen LogP contribution in [0.2, 0.25) is 0 Å². The van der Waals surface area contributed by atoms with Gasteiger partial charge in [0.2, 0.25) is 0 Å². The van der Waals surface area contributed by atoms with Gasteiger partial charge in [-0.2, -0.15) is 0 Å². The molecule has 2 rings (SSSR count). The molecule has 1 heterocycles. The summed E-state index contributed by atoms with van der Waals surface area (Å²) in [5.74, 6) is 5.67. The molecule has 0 amide bonds. The Hall–Kier alpha value is -1.23. The van der Waals surface area contributed by atoms with Crippen molar-refractivity contribution in [3.8, 4) is 0 Å². The van der Waals surface area contributed by atoms with Crippen LogP contribution < -0.4 is 11.3 Å². The van der Waals surface area contributed by atoms with Crippen molar-refractivity contribution in [1.29, 1.82) is 0 Å². The van der Waals surface area contributed by atoms with Crippen LogP contribution in [0.3, 0.4) is 0 Å². The second-order valence-corrected chi connectivity index (χ2v) is 5.16. The van der Waals surface area contributed by atoms with Gasteiger partial charge in [-0.1, -0.05) is 34.1 Å². The smallest absolute Gasteiger partial charge is 0.0512 e. The molecule has 1 aromatic carbocycles. The first-order chi connectivity index (χ1) is 8.70. The molecule has 0 bridgehead atoms. The van der Waals surface area contributed by atoms with Gasteiger partial charge in [0.15, 0.2) is 0 Å². The molecule has 0 saturated carbocycles. The highest BCUT2D eigenvalue weighted by atomic mass is 79.9. The van der Waals surface area contributed by atoms with Crippen molar-refractivity contribution in [2.45, 2.75) is 19.4 Å². The maximum atomic E-state index is 5.67. The summed E-state index contributed by atoms with van der Waals surface area (Å²) in [4.78, 5) is 4.12. The highest BCUT2D eigenvalue weighted by Gasteiger charge is 2.13. The molecular weight excluding hydrogens is 290 g/mol. The second-order valence-electron chi connectivity index (χ2n) is 4.31. The molecule has 3 N–H and O–H groups in total. The number of nitrogens with two attached hydrogens (primary N) is 1. The van der Waals surface area contributed by atoms with E-state index in [0.717, 1.165) is 22.0 Å². The van der Waals surface area contributed by atoms with Crippen LogP contribution in [0.1, 0.15) is 22.7 Å². The Kier molecular flexibility index (Phi) is 4.47. The monoisotopic (exact) mass is 305 g/mol. The van der Waals surface area contributed by atoms with E-state index < -0.39 is 0 Å². The number of aryl methyl sites for hydroxylation is 1. The van der Waals surface area contributed by atoms with Crippen molar-refractivity contribution in [3.05, 3.63) is 63.9 Å². The average Bonchev–Trinajstić information content (AvgIpc) is 2.38. The summed E-state index contributed by atoms with van der Waals surface area (Å²) < 4.78 is 1.08. The first-order valence-corrected chi connectivity index (χ1v) is 6.61. The Balaban J connectivity index is 2.23. The molecule has 0 saturated heterocycles. The van der Waals surface area contributed by atoms with Crippen molar-refractivity contribution in [2.75, 3.05) is 0 Å². The predicted octanol–water partition coefficient (Wildman–Crippen LogP) is 2.90. The maximum Gasteiger partial charge on any atom is 0.0512 e. The van der Waals surface area contributed by atoms with E-state index in [0.29, 0.717) is 0 Å². The number of hydrogen-bond acceptors (Lipinski definition) is 3. The van der Waals surface area contributed by atoms with Crippen molar-refractivity contribution in [3.63, 3.8) is 0 Å². The summed E-state index contributed by atoms with van der Waals surface area (Å²) in [5.41, 5.74) is 6.41. The minimum atomic E-state index is 0.0733. The average molecular weight is 306 g/mol. The summed E-state index contributed by atoms with van der Waals surface area (Å²) in [5, 5.41) is 0. The standard InChI is InChI=1S/C14H16BrN3/c1-10-4-5-12(13(15)7-10)14(18-16)8-11-3-2-6-17-9-11/h2-7,9,14,18H,8,16H2,1H3. The number of pyridine rings is 1. The topological polar surface area (TPSA) is 50.9 Å². The first-order valence-electron chi connectivity index (χ1n) is 5.82. The number of rotatable bonds is 4. The molecule has 0 aliphatic carbocycles. The molecule has 1 unspecified atom stereocenters. The van der Waals surface area contributed by atoms with Gasteiger partial charge in [0.05, 0.1) is 6.04 Å². The van der Waals surface area contributed by atoms with E-state index in [4.69, 9.17) is 5.84 Å². The van der Waals surface area contributed by atoms with Gasteiger partial charge < -0.3 is 0 Å². The summed E-state index contributed by atoms with van der Waals surface area (Å²) in [6.07, 6.45) is 4.45. The number of hydrogen-bond donors (Lipinski definition) is 2. The van der Waals surface area contributed by atoms with Gasteiger partial charge >= 0.3 is 0 Å². The normalized spacial score (nSPS) is 12.4. The van der Waals surface area contributed by atoms with E-state index in [1.54, 1.807) is 6.20 Å². The number of benzene rings is 1. The van der Waals surface area contributed by atoms with Crippen LogP contribution in [0.25, 0.3) is 0 Å². The van der Waals surface area contributed by atoms with E-state index in [-0.39, 0.29) is 6.04 Å². The van der Waals surface area contributed by atoms with E-state index in [1.165, 1.54) is 5.56 Å². The molecule has 1 aromatic heterocycles. The highest BCUT2D eigenvalue weighted by molar-refractivity contribution is 9.10. The van der Waals surface area contributed by atoms with Crippen molar-refractivity contribution in [2.24, 2.45) is 5.84 Å². The van der Waals surface area contributed by atoms with Crippen molar-refractivity contribution in [1.82, 2.24) is 10.4 Å². The lowest BCUT2D eigenvalue weighted by Gasteiger charge is -2.18. The summed E-state index contributed by atoms with van der Waals surface area (Å²) >= 11 is 3.59. The third-order valence-electron chi connectivity index (χ3n) is 2.90. The molecule has 1 atom stereocenters. The SMILES string of the molecule is Cc1ccc(C(Cc2cccnc2)NN)c(Br)c1. The molecule has 18 heavy (non-hydrogen) atoms. The zero-order valence-electron chi connectivity index (χ0n) is 10.2. The molecule has 0 aliphatic rings. The fourth-order valence-corrected chi connectivity index (χ4v) is 2.70. The molecule has 0 fully saturated rings. The van der Waals surface area contributed by atoms with Crippen molar-refractivity contribution >= 4 is 15.9 Å². The lowest BCUT2D eigenvalue weighted by Crippen LogP contribution is -2.29. The Labute approximate surface area is 116 Å².